The van der Waals surface area contributed by atoms with Crippen molar-refractivity contribution in [1.82, 2.24) is 14.5 Å². The first-order valence-corrected chi connectivity index (χ1v) is 5.73. The van der Waals surface area contributed by atoms with E-state index in [-0.39, 0.29) is 17.9 Å². The van der Waals surface area contributed by atoms with Gasteiger partial charge >= 0.3 is 6.18 Å². The lowest BCUT2D eigenvalue weighted by atomic mass is 10.1. The van der Waals surface area contributed by atoms with E-state index in [9.17, 15) is 13.2 Å². The lowest BCUT2D eigenvalue weighted by molar-refractivity contribution is -0.137. The summed E-state index contributed by atoms with van der Waals surface area (Å²) in [5.41, 5.74) is 4.89. The molecule has 7 heteroatoms. The highest BCUT2D eigenvalue weighted by molar-refractivity contribution is 5.37. The first kappa shape index (κ1) is 13.4. The Kier molecular flexibility index (Phi) is 3.46. The standard InChI is InChI=1S/C12H13F3N4/c1-2-19-4-3-17-11(19)7-9-5-8(12(13,14)15)6-10(16)18-9/h3-6H,2,7H2,1H3,(H2,16,18). The second kappa shape index (κ2) is 4.91. The average molecular weight is 270 g/mol. The van der Waals surface area contributed by atoms with Crippen molar-refractivity contribution < 1.29 is 13.2 Å². The van der Waals surface area contributed by atoms with E-state index in [1.807, 2.05) is 11.5 Å². The molecule has 0 unspecified atom stereocenters. The third-order valence-corrected chi connectivity index (χ3v) is 2.71. The quantitative estimate of drug-likeness (QED) is 0.932. The maximum atomic E-state index is 12.7. The smallest absolute Gasteiger partial charge is 0.384 e. The molecule has 0 atom stereocenters. The third kappa shape index (κ3) is 3.04. The normalized spacial score (nSPS) is 11.8. The van der Waals surface area contributed by atoms with Crippen LogP contribution in [-0.4, -0.2) is 14.5 Å². The van der Waals surface area contributed by atoms with E-state index >= 15 is 0 Å². The maximum absolute atomic E-state index is 12.7. The molecule has 0 aliphatic rings. The molecule has 0 aliphatic carbocycles. The molecule has 2 rings (SSSR count). The molecule has 102 valence electrons. The SMILES string of the molecule is CCn1ccnc1Cc1cc(C(F)(F)F)cc(N)n1. The number of hydrogen-bond acceptors (Lipinski definition) is 3. The molecular formula is C12H13F3N4. The summed E-state index contributed by atoms with van der Waals surface area (Å²) in [6, 6.07) is 1.83. The Morgan fingerprint density at radius 2 is 2.05 bits per heavy atom. The minimum Gasteiger partial charge on any atom is -0.384 e. The minimum absolute atomic E-state index is 0.139. The molecule has 4 nitrogen and oxygen atoms in total. The summed E-state index contributed by atoms with van der Waals surface area (Å²) >= 11 is 0. The van der Waals surface area contributed by atoms with Gasteiger partial charge in [-0.05, 0) is 19.1 Å². The fourth-order valence-corrected chi connectivity index (χ4v) is 1.82. The predicted octanol–water partition coefficient (Wildman–Crippen LogP) is 2.49. The highest BCUT2D eigenvalue weighted by Crippen LogP contribution is 2.30. The van der Waals surface area contributed by atoms with Crippen LogP contribution >= 0.6 is 0 Å². The number of nitrogens with two attached hydrogens (primary N) is 1. The first-order valence-electron chi connectivity index (χ1n) is 5.73. The molecule has 19 heavy (non-hydrogen) atoms. The maximum Gasteiger partial charge on any atom is 0.416 e. The number of imidazole rings is 1. The number of pyridine rings is 1. The Hall–Kier alpha value is -2.05. The molecule has 0 amide bonds. The van der Waals surface area contributed by atoms with Gasteiger partial charge in [0.1, 0.15) is 11.6 Å². The summed E-state index contributed by atoms with van der Waals surface area (Å²) in [5, 5.41) is 0. The number of aromatic nitrogens is 3. The summed E-state index contributed by atoms with van der Waals surface area (Å²) in [6.07, 6.45) is -0.830. The number of nitrogen functional groups attached to an aromatic ring is 1. The number of nitrogens with zero attached hydrogens (tertiary/aromatic N) is 3. The number of hydrogen-bond donors (Lipinski definition) is 1. The number of rotatable bonds is 3. The van der Waals surface area contributed by atoms with E-state index < -0.39 is 11.7 Å². The van der Waals surface area contributed by atoms with Crippen LogP contribution in [0.4, 0.5) is 19.0 Å². The molecule has 0 aromatic carbocycles. The summed E-state index contributed by atoms with van der Waals surface area (Å²) in [4.78, 5) is 8.03. The van der Waals surface area contributed by atoms with E-state index in [4.69, 9.17) is 5.73 Å². The average Bonchev–Trinajstić information content (AvgIpc) is 2.74. The summed E-state index contributed by atoms with van der Waals surface area (Å²) in [7, 11) is 0. The molecule has 0 saturated heterocycles. The van der Waals surface area contributed by atoms with Crippen molar-refractivity contribution in [2.75, 3.05) is 5.73 Å². The Bertz CT molecular complexity index is 575. The van der Waals surface area contributed by atoms with Crippen LogP contribution < -0.4 is 5.73 Å². The van der Waals surface area contributed by atoms with Gasteiger partial charge in [-0.25, -0.2) is 9.97 Å². The second-order valence-corrected chi connectivity index (χ2v) is 4.08. The Morgan fingerprint density at radius 1 is 1.32 bits per heavy atom. The van der Waals surface area contributed by atoms with Crippen molar-refractivity contribution in [3.8, 4) is 0 Å². The number of aryl methyl sites for hydroxylation is 1. The van der Waals surface area contributed by atoms with Crippen LogP contribution in [0.5, 0.6) is 0 Å². The second-order valence-electron chi connectivity index (χ2n) is 4.08. The van der Waals surface area contributed by atoms with Gasteiger partial charge in [0.15, 0.2) is 0 Å². The molecule has 0 spiro atoms. The van der Waals surface area contributed by atoms with Gasteiger partial charge in [0.05, 0.1) is 11.3 Å². The molecule has 0 aliphatic heterocycles. The Balaban J connectivity index is 2.33. The number of alkyl halides is 3. The minimum atomic E-state index is -4.42. The van der Waals surface area contributed by atoms with E-state index in [0.29, 0.717) is 12.4 Å². The van der Waals surface area contributed by atoms with Gasteiger partial charge in [0, 0.05) is 25.4 Å². The predicted molar refractivity (Wildman–Crippen MR) is 64.4 cm³/mol. The van der Waals surface area contributed by atoms with Crippen molar-refractivity contribution in [2.45, 2.75) is 26.1 Å². The topological polar surface area (TPSA) is 56.7 Å². The van der Waals surface area contributed by atoms with Gasteiger partial charge in [-0.2, -0.15) is 13.2 Å². The van der Waals surface area contributed by atoms with Gasteiger partial charge in [0.25, 0.3) is 0 Å². The van der Waals surface area contributed by atoms with Crippen LogP contribution in [0.15, 0.2) is 24.5 Å². The van der Waals surface area contributed by atoms with E-state index in [0.717, 1.165) is 12.1 Å². The van der Waals surface area contributed by atoms with Gasteiger partial charge in [-0.15, -0.1) is 0 Å². The highest BCUT2D eigenvalue weighted by Gasteiger charge is 2.31. The zero-order chi connectivity index (χ0) is 14.0. The van der Waals surface area contributed by atoms with E-state index in [1.165, 1.54) is 0 Å². The number of halogens is 3. The summed E-state index contributed by atoms with van der Waals surface area (Å²) < 4.78 is 39.8. The first-order chi connectivity index (χ1) is 8.90. The molecule has 2 aromatic heterocycles. The molecule has 0 bridgehead atoms. The highest BCUT2D eigenvalue weighted by atomic mass is 19.4. The van der Waals surface area contributed by atoms with Crippen molar-refractivity contribution >= 4 is 5.82 Å². The van der Waals surface area contributed by atoms with Crippen LogP contribution in [-0.2, 0) is 19.1 Å². The molecule has 2 aromatic rings. The molecule has 0 fully saturated rings. The summed E-state index contributed by atoms with van der Waals surface area (Å²) in [5.74, 6) is 0.521. The molecular weight excluding hydrogens is 257 g/mol. The van der Waals surface area contributed by atoms with Crippen LogP contribution in [0, 0.1) is 0 Å². The van der Waals surface area contributed by atoms with Crippen molar-refractivity contribution in [3.05, 3.63) is 41.6 Å². The zero-order valence-electron chi connectivity index (χ0n) is 10.3. The molecule has 2 N–H and O–H groups in total. The van der Waals surface area contributed by atoms with Crippen LogP contribution in [0.1, 0.15) is 24.0 Å². The fraction of sp³-hybridized carbons (Fsp3) is 0.333. The lowest BCUT2D eigenvalue weighted by Crippen LogP contribution is -2.10. The van der Waals surface area contributed by atoms with Crippen LogP contribution in [0.3, 0.4) is 0 Å². The monoisotopic (exact) mass is 270 g/mol. The third-order valence-electron chi connectivity index (χ3n) is 2.71. The van der Waals surface area contributed by atoms with Crippen molar-refractivity contribution in [2.24, 2.45) is 0 Å². The van der Waals surface area contributed by atoms with E-state index in [1.54, 1.807) is 12.4 Å². The fourth-order valence-electron chi connectivity index (χ4n) is 1.82. The number of anilines is 1. The van der Waals surface area contributed by atoms with Gasteiger partial charge < -0.3 is 10.3 Å². The molecule has 0 saturated carbocycles. The van der Waals surface area contributed by atoms with Crippen LogP contribution in [0.25, 0.3) is 0 Å². The van der Waals surface area contributed by atoms with E-state index in [2.05, 4.69) is 9.97 Å². The van der Waals surface area contributed by atoms with Gasteiger partial charge in [-0.1, -0.05) is 0 Å². The largest absolute Gasteiger partial charge is 0.416 e. The van der Waals surface area contributed by atoms with Gasteiger partial charge in [0.2, 0.25) is 0 Å². The van der Waals surface area contributed by atoms with Crippen LogP contribution in [0.2, 0.25) is 0 Å². The van der Waals surface area contributed by atoms with Gasteiger partial charge in [-0.3, -0.25) is 0 Å². The summed E-state index contributed by atoms with van der Waals surface area (Å²) in [6.45, 7) is 2.63. The molecule has 0 radical (unpaired) electrons. The Labute approximate surface area is 108 Å². The Morgan fingerprint density at radius 3 is 2.68 bits per heavy atom. The van der Waals surface area contributed by atoms with Crippen molar-refractivity contribution in [1.29, 1.82) is 0 Å². The lowest BCUT2D eigenvalue weighted by Gasteiger charge is -2.10. The van der Waals surface area contributed by atoms with Crippen molar-refractivity contribution in [3.63, 3.8) is 0 Å². The molecule has 2 heterocycles. The zero-order valence-corrected chi connectivity index (χ0v) is 10.3.